The van der Waals surface area contributed by atoms with E-state index in [1.807, 2.05) is 0 Å². The van der Waals surface area contributed by atoms with E-state index in [9.17, 15) is 25.2 Å². The number of hydrogen-bond donors (Lipinski definition) is 7. The fraction of sp³-hybridized carbons (Fsp3) is 0.500. The van der Waals surface area contributed by atoms with Crippen LogP contribution >= 0.6 is 11.6 Å². The molecule has 1 aromatic rings. The van der Waals surface area contributed by atoms with Crippen LogP contribution < -0.4 is 10.6 Å². The highest BCUT2D eigenvalue weighted by Gasteiger charge is 2.46. The number of aliphatic hydroxyl groups is 5. The van der Waals surface area contributed by atoms with E-state index in [4.69, 9.17) is 21.4 Å². The van der Waals surface area contributed by atoms with Gasteiger partial charge in [0, 0.05) is 10.7 Å². The minimum absolute atomic E-state index is 0.384. The number of anilines is 1. The van der Waals surface area contributed by atoms with Crippen molar-refractivity contribution >= 4 is 23.3 Å². The Bertz CT molecular complexity index is 576. The van der Waals surface area contributed by atoms with Gasteiger partial charge < -0.3 is 40.9 Å². The van der Waals surface area contributed by atoms with E-state index < -0.39 is 49.4 Å². The van der Waals surface area contributed by atoms with Gasteiger partial charge in [-0.1, -0.05) is 17.7 Å². The van der Waals surface area contributed by atoms with Gasteiger partial charge in [0.05, 0.1) is 6.61 Å². The number of carbonyl (C=O) groups is 1. The molecule has 0 unspecified atom stereocenters. The zero-order valence-electron chi connectivity index (χ0n) is 12.4. The van der Waals surface area contributed by atoms with E-state index in [-0.39, 0.29) is 0 Å². The molecule has 1 fully saturated rings. The molecule has 1 saturated heterocycles. The molecule has 6 atom stereocenters. The van der Waals surface area contributed by atoms with Gasteiger partial charge in [0.2, 0.25) is 0 Å². The van der Waals surface area contributed by atoms with Crippen LogP contribution in [0.3, 0.4) is 0 Å². The quantitative estimate of drug-likeness (QED) is 0.348. The second-order valence-electron chi connectivity index (χ2n) is 5.36. The van der Waals surface area contributed by atoms with Gasteiger partial charge >= 0.3 is 6.03 Å². The van der Waals surface area contributed by atoms with Crippen molar-refractivity contribution in [2.75, 3.05) is 11.9 Å². The molecule has 0 saturated carbocycles. The van der Waals surface area contributed by atoms with Crippen molar-refractivity contribution in [2.45, 2.75) is 36.7 Å². The molecule has 0 spiro atoms. The number of benzene rings is 1. The van der Waals surface area contributed by atoms with Crippen molar-refractivity contribution in [1.29, 1.82) is 0 Å². The number of amides is 2. The van der Waals surface area contributed by atoms with E-state index >= 15 is 0 Å². The van der Waals surface area contributed by atoms with Gasteiger partial charge in [-0.25, -0.2) is 4.79 Å². The largest absolute Gasteiger partial charge is 0.394 e. The Hall–Kier alpha value is -1.46. The zero-order valence-corrected chi connectivity index (χ0v) is 13.2. The Labute approximate surface area is 142 Å². The number of urea groups is 1. The van der Waals surface area contributed by atoms with Crippen LogP contribution in [0.25, 0.3) is 0 Å². The van der Waals surface area contributed by atoms with Gasteiger partial charge in [0.15, 0.2) is 6.29 Å². The minimum atomic E-state index is -1.69. The lowest BCUT2D eigenvalue weighted by atomic mass is 9.94. The number of rotatable bonds is 4. The summed E-state index contributed by atoms with van der Waals surface area (Å²) in [5.41, 5.74) is 0.384. The first-order chi connectivity index (χ1) is 11.3. The second-order valence-corrected chi connectivity index (χ2v) is 5.79. The van der Waals surface area contributed by atoms with E-state index in [2.05, 4.69) is 10.6 Å². The molecular formula is C14H19ClN2O7. The molecule has 1 heterocycles. The minimum Gasteiger partial charge on any atom is -0.394 e. The average Bonchev–Trinajstić information content (AvgIpc) is 2.54. The van der Waals surface area contributed by atoms with Crippen LogP contribution in [0.4, 0.5) is 10.5 Å². The molecule has 1 aliphatic heterocycles. The molecular weight excluding hydrogens is 344 g/mol. The van der Waals surface area contributed by atoms with Crippen LogP contribution in [0.1, 0.15) is 0 Å². The maximum absolute atomic E-state index is 11.9. The Kier molecular flexibility index (Phi) is 6.35. The van der Waals surface area contributed by atoms with Crippen LogP contribution in [0, 0.1) is 0 Å². The molecule has 0 aromatic heterocycles. The average molecular weight is 363 g/mol. The molecule has 7 N–H and O–H groups in total. The molecule has 1 aromatic carbocycles. The Balaban J connectivity index is 2.00. The molecule has 0 bridgehead atoms. The molecule has 10 heteroatoms. The van der Waals surface area contributed by atoms with Crippen LogP contribution in [-0.4, -0.2) is 74.9 Å². The van der Waals surface area contributed by atoms with Crippen LogP contribution in [0.15, 0.2) is 24.3 Å². The molecule has 2 rings (SSSR count). The monoisotopic (exact) mass is 362 g/mol. The molecule has 2 amide bonds. The van der Waals surface area contributed by atoms with Gasteiger partial charge in [0.25, 0.3) is 0 Å². The molecule has 9 nitrogen and oxygen atoms in total. The van der Waals surface area contributed by atoms with Crippen LogP contribution in [-0.2, 0) is 4.74 Å². The summed E-state index contributed by atoms with van der Waals surface area (Å²) >= 11 is 5.80. The first-order valence-corrected chi connectivity index (χ1v) is 7.53. The predicted octanol–water partition coefficient (Wildman–Crippen LogP) is -1.38. The number of aliphatic hydroxyl groups excluding tert-OH is 5. The summed E-state index contributed by atoms with van der Waals surface area (Å²) in [6, 6.07) is 4.21. The van der Waals surface area contributed by atoms with E-state index in [1.165, 1.54) is 6.07 Å². The van der Waals surface area contributed by atoms with E-state index in [1.54, 1.807) is 18.2 Å². The first kappa shape index (κ1) is 18.9. The molecule has 134 valence electrons. The van der Waals surface area contributed by atoms with Gasteiger partial charge in [-0.3, -0.25) is 0 Å². The number of ether oxygens (including phenoxy) is 1. The van der Waals surface area contributed by atoms with Crippen molar-refractivity contribution in [2.24, 2.45) is 0 Å². The van der Waals surface area contributed by atoms with Crippen molar-refractivity contribution in [3.8, 4) is 0 Å². The van der Waals surface area contributed by atoms with Crippen molar-refractivity contribution in [3.63, 3.8) is 0 Å². The second kappa shape index (κ2) is 8.08. The SMILES string of the molecule is O=C(Nc1cccc(Cl)c1)N[C@H]1[C@H](O)[C@@H](O)[C@H]([C@H](O)CO)O[C@H]1O. The highest BCUT2D eigenvalue weighted by Crippen LogP contribution is 2.22. The maximum atomic E-state index is 11.9. The van der Waals surface area contributed by atoms with E-state index in [0.717, 1.165) is 0 Å². The molecule has 24 heavy (non-hydrogen) atoms. The summed E-state index contributed by atoms with van der Waals surface area (Å²) in [6.07, 6.45) is -7.82. The first-order valence-electron chi connectivity index (χ1n) is 7.15. The fourth-order valence-electron chi connectivity index (χ4n) is 2.37. The highest BCUT2D eigenvalue weighted by atomic mass is 35.5. The summed E-state index contributed by atoms with van der Waals surface area (Å²) in [6.45, 7) is -0.728. The zero-order chi connectivity index (χ0) is 17.9. The lowest BCUT2D eigenvalue weighted by Gasteiger charge is -2.42. The molecule has 1 aliphatic rings. The third-order valence-electron chi connectivity index (χ3n) is 3.60. The summed E-state index contributed by atoms with van der Waals surface area (Å²) in [5.74, 6) is 0. The third-order valence-corrected chi connectivity index (χ3v) is 3.84. The normalized spacial score (nSPS) is 31.3. The molecule has 0 aliphatic carbocycles. The third kappa shape index (κ3) is 4.33. The standard InChI is InChI=1S/C14H19ClN2O7/c15-6-2-1-3-7(4-6)16-14(23)17-9-10(20)11(21)12(8(19)5-18)24-13(9)22/h1-4,8-13,18-22H,5H2,(H2,16,17,23)/t8-,9+,10+,11-,12+,13-/m1/s1. The number of nitrogens with one attached hydrogen (secondary N) is 2. The van der Waals surface area contributed by atoms with Gasteiger partial charge in [0.1, 0.15) is 30.5 Å². The lowest BCUT2D eigenvalue weighted by molar-refractivity contribution is -0.267. The van der Waals surface area contributed by atoms with E-state index in [0.29, 0.717) is 10.7 Å². The summed E-state index contributed by atoms with van der Waals surface area (Å²) < 4.78 is 4.98. The molecule has 0 radical (unpaired) electrons. The van der Waals surface area contributed by atoms with Gasteiger partial charge in [-0.15, -0.1) is 0 Å². The number of hydrogen-bond acceptors (Lipinski definition) is 7. The predicted molar refractivity (Wildman–Crippen MR) is 83.4 cm³/mol. The fourth-order valence-corrected chi connectivity index (χ4v) is 2.56. The van der Waals surface area contributed by atoms with Gasteiger partial charge in [-0.05, 0) is 18.2 Å². The Morgan fingerprint density at radius 3 is 2.62 bits per heavy atom. The van der Waals surface area contributed by atoms with Gasteiger partial charge in [-0.2, -0.15) is 0 Å². The Morgan fingerprint density at radius 2 is 2.00 bits per heavy atom. The lowest BCUT2D eigenvalue weighted by Crippen LogP contribution is -2.66. The topological polar surface area (TPSA) is 152 Å². The van der Waals surface area contributed by atoms with Crippen LogP contribution in [0.5, 0.6) is 0 Å². The van der Waals surface area contributed by atoms with Crippen molar-refractivity contribution in [1.82, 2.24) is 5.32 Å². The number of halogens is 1. The van der Waals surface area contributed by atoms with Crippen molar-refractivity contribution in [3.05, 3.63) is 29.3 Å². The summed E-state index contributed by atoms with van der Waals surface area (Å²) in [4.78, 5) is 11.9. The Morgan fingerprint density at radius 1 is 1.29 bits per heavy atom. The summed E-state index contributed by atoms with van der Waals surface area (Å²) in [7, 11) is 0. The summed E-state index contributed by atoms with van der Waals surface area (Å²) in [5, 5.41) is 53.4. The maximum Gasteiger partial charge on any atom is 0.319 e. The highest BCUT2D eigenvalue weighted by molar-refractivity contribution is 6.30. The smallest absolute Gasteiger partial charge is 0.319 e. The van der Waals surface area contributed by atoms with Crippen molar-refractivity contribution < 1.29 is 35.1 Å². The number of carbonyl (C=O) groups excluding carboxylic acids is 1. The van der Waals surface area contributed by atoms with Crippen LogP contribution in [0.2, 0.25) is 5.02 Å².